The molecule has 11 nitrogen and oxygen atoms in total. The van der Waals surface area contributed by atoms with Gasteiger partial charge in [0.25, 0.3) is 0 Å². The Morgan fingerprint density at radius 1 is 1.00 bits per heavy atom. The average molecular weight is 706 g/mol. The van der Waals surface area contributed by atoms with Crippen LogP contribution in [-0.2, 0) is 35.1 Å². The van der Waals surface area contributed by atoms with Crippen molar-refractivity contribution in [1.29, 1.82) is 0 Å². The average Bonchev–Trinajstić information content (AvgIpc) is 3.58. The van der Waals surface area contributed by atoms with Crippen molar-refractivity contribution in [3.63, 3.8) is 0 Å². The molecule has 0 aliphatic carbocycles. The molecule has 0 bridgehead atoms. The quantitative estimate of drug-likeness (QED) is 0.173. The number of amides is 3. The van der Waals surface area contributed by atoms with E-state index in [0.717, 1.165) is 44.0 Å². The van der Waals surface area contributed by atoms with Gasteiger partial charge >= 0.3 is 17.8 Å². The Labute approximate surface area is 300 Å². The fourth-order valence-electron chi connectivity index (χ4n) is 6.71. The van der Waals surface area contributed by atoms with Crippen molar-refractivity contribution >= 4 is 52.4 Å². The summed E-state index contributed by atoms with van der Waals surface area (Å²) in [6, 6.07) is 11.6. The second-order valence-corrected chi connectivity index (χ2v) is 14.4. The van der Waals surface area contributed by atoms with Gasteiger partial charge in [0, 0.05) is 69.6 Å². The van der Waals surface area contributed by atoms with E-state index in [1.54, 1.807) is 56.0 Å². The number of piperazine rings is 2. The standard InChI is InChI=1S/C38H48ClN5O6/c1-6-15-41(16-7-2)31-13-10-29(39)23-32(31)43-19-20-44(36(47)35(43)46)33(37(48)50-38(3,4)5)22-27-8-11-30(12-9-27)42-18-17-40(25-34(42)45)24-28-14-21-49-26-28/h6-13,23,28,33H,1-2,14-22,24-26H2,3-5H3/t28?,33-/m0/s1. The van der Waals surface area contributed by atoms with Gasteiger partial charge in [-0.1, -0.05) is 35.9 Å². The molecule has 3 fully saturated rings. The molecule has 2 aromatic carbocycles. The van der Waals surface area contributed by atoms with E-state index < -0.39 is 29.4 Å². The fraction of sp³-hybridized carbons (Fsp3) is 0.474. The van der Waals surface area contributed by atoms with Crippen LogP contribution in [0.25, 0.3) is 0 Å². The largest absolute Gasteiger partial charge is 0.458 e. The van der Waals surface area contributed by atoms with Crippen LogP contribution in [0.15, 0.2) is 67.8 Å². The van der Waals surface area contributed by atoms with Gasteiger partial charge in [-0.05, 0) is 69.0 Å². The lowest BCUT2D eigenvalue weighted by Crippen LogP contribution is -2.60. The van der Waals surface area contributed by atoms with E-state index in [4.69, 9.17) is 21.1 Å². The van der Waals surface area contributed by atoms with Crippen LogP contribution in [0.5, 0.6) is 0 Å². The number of hydrogen-bond acceptors (Lipinski definition) is 8. The molecule has 0 saturated carbocycles. The number of hydrogen-bond donors (Lipinski definition) is 0. The minimum Gasteiger partial charge on any atom is -0.458 e. The van der Waals surface area contributed by atoms with Gasteiger partial charge in [0.2, 0.25) is 5.91 Å². The first-order valence-corrected chi connectivity index (χ1v) is 17.6. The molecule has 268 valence electrons. The van der Waals surface area contributed by atoms with E-state index in [0.29, 0.717) is 48.5 Å². The molecule has 3 aliphatic rings. The first-order valence-electron chi connectivity index (χ1n) is 17.2. The Hall–Kier alpha value is -4.19. The van der Waals surface area contributed by atoms with E-state index in [9.17, 15) is 19.2 Å². The third-order valence-electron chi connectivity index (χ3n) is 9.09. The lowest BCUT2D eigenvalue weighted by atomic mass is 10.0. The lowest BCUT2D eigenvalue weighted by molar-refractivity contribution is -0.166. The van der Waals surface area contributed by atoms with Crippen LogP contribution in [0.2, 0.25) is 5.02 Å². The molecule has 0 N–H and O–H groups in total. The molecule has 0 aromatic heterocycles. The highest BCUT2D eigenvalue weighted by atomic mass is 35.5. The van der Waals surface area contributed by atoms with E-state index in [2.05, 4.69) is 18.1 Å². The molecule has 2 aromatic rings. The van der Waals surface area contributed by atoms with Crippen LogP contribution in [0.4, 0.5) is 17.1 Å². The van der Waals surface area contributed by atoms with Crippen LogP contribution < -0.4 is 14.7 Å². The minimum absolute atomic E-state index is 0.0384. The fourth-order valence-corrected chi connectivity index (χ4v) is 6.87. The number of halogens is 1. The first-order chi connectivity index (χ1) is 23.9. The highest BCUT2D eigenvalue weighted by Crippen LogP contribution is 2.34. The van der Waals surface area contributed by atoms with Gasteiger partial charge in [-0.15, -0.1) is 13.2 Å². The second kappa shape index (κ2) is 16.2. The number of anilines is 3. The van der Waals surface area contributed by atoms with Gasteiger partial charge < -0.3 is 29.1 Å². The number of carbonyl (C=O) groups is 4. The van der Waals surface area contributed by atoms with E-state index >= 15 is 0 Å². The van der Waals surface area contributed by atoms with E-state index in [1.165, 1.54) is 9.80 Å². The van der Waals surface area contributed by atoms with Crippen LogP contribution in [0, 0.1) is 5.92 Å². The maximum absolute atomic E-state index is 13.9. The second-order valence-electron chi connectivity index (χ2n) is 14.0. The summed E-state index contributed by atoms with van der Waals surface area (Å²) >= 11 is 6.38. The summed E-state index contributed by atoms with van der Waals surface area (Å²) in [5, 5.41) is 0.418. The summed E-state index contributed by atoms with van der Waals surface area (Å²) in [6.07, 6.45) is 4.66. The number of ether oxygens (including phenoxy) is 2. The molecule has 1 unspecified atom stereocenters. The zero-order valence-electron chi connectivity index (χ0n) is 29.3. The normalized spacial score (nSPS) is 19.5. The zero-order chi connectivity index (χ0) is 36.0. The molecule has 0 radical (unpaired) electrons. The first kappa shape index (κ1) is 37.1. The predicted octanol–water partition coefficient (Wildman–Crippen LogP) is 4.33. The molecular formula is C38H48ClN5O6. The zero-order valence-corrected chi connectivity index (χ0v) is 30.1. The van der Waals surface area contributed by atoms with Gasteiger partial charge in [0.15, 0.2) is 0 Å². The van der Waals surface area contributed by atoms with Crippen LogP contribution >= 0.6 is 11.6 Å². The Bertz CT molecular complexity index is 1570. The van der Waals surface area contributed by atoms with Crippen LogP contribution in [0.3, 0.4) is 0 Å². The van der Waals surface area contributed by atoms with Gasteiger partial charge in [-0.25, -0.2) is 4.79 Å². The molecule has 3 heterocycles. The topological polar surface area (TPSA) is 103 Å². The molecule has 3 aliphatic heterocycles. The van der Waals surface area contributed by atoms with Crippen LogP contribution in [0.1, 0.15) is 32.8 Å². The van der Waals surface area contributed by atoms with E-state index in [-0.39, 0.29) is 25.4 Å². The lowest BCUT2D eigenvalue weighted by Gasteiger charge is -2.39. The maximum Gasteiger partial charge on any atom is 0.329 e. The smallest absolute Gasteiger partial charge is 0.329 e. The Morgan fingerprint density at radius 3 is 2.32 bits per heavy atom. The molecule has 3 saturated heterocycles. The van der Waals surface area contributed by atoms with Gasteiger partial charge in [-0.3, -0.25) is 19.3 Å². The van der Waals surface area contributed by atoms with Crippen molar-refractivity contribution in [2.75, 3.05) is 80.3 Å². The predicted molar refractivity (Wildman–Crippen MR) is 196 cm³/mol. The number of rotatable bonds is 13. The summed E-state index contributed by atoms with van der Waals surface area (Å²) in [5.41, 5.74) is 1.93. The summed E-state index contributed by atoms with van der Waals surface area (Å²) in [5.74, 6) is -1.65. The van der Waals surface area contributed by atoms with Crippen molar-refractivity contribution in [2.45, 2.75) is 45.3 Å². The van der Waals surface area contributed by atoms with Crippen molar-refractivity contribution in [1.82, 2.24) is 9.80 Å². The van der Waals surface area contributed by atoms with E-state index in [1.807, 2.05) is 29.2 Å². The van der Waals surface area contributed by atoms with Gasteiger partial charge in [-0.2, -0.15) is 0 Å². The van der Waals surface area contributed by atoms with Crippen molar-refractivity contribution in [2.24, 2.45) is 5.92 Å². The van der Waals surface area contributed by atoms with Crippen LogP contribution in [-0.4, -0.2) is 111 Å². The summed E-state index contributed by atoms with van der Waals surface area (Å²) in [6.45, 7) is 18.3. The SMILES string of the molecule is C=CCN(CC=C)c1ccc(Cl)cc1N1CCN([C@@H](Cc2ccc(N3CCN(CC4CCOC4)CC3=O)cc2)C(=O)OC(C)(C)C)C(=O)C1=O. The number of nitrogens with zero attached hydrogens (tertiary/aromatic N) is 5. The number of benzene rings is 2. The molecular weight excluding hydrogens is 658 g/mol. The van der Waals surface area contributed by atoms with Gasteiger partial charge in [0.1, 0.15) is 11.6 Å². The Kier molecular flexibility index (Phi) is 12.0. The van der Waals surface area contributed by atoms with Crippen molar-refractivity contribution < 1.29 is 28.7 Å². The Morgan fingerprint density at radius 2 is 1.70 bits per heavy atom. The third kappa shape index (κ3) is 8.93. The Balaban J connectivity index is 1.32. The highest BCUT2D eigenvalue weighted by molar-refractivity contribution is 6.41. The van der Waals surface area contributed by atoms with Gasteiger partial charge in [0.05, 0.1) is 24.5 Å². The van der Waals surface area contributed by atoms with Crippen molar-refractivity contribution in [3.8, 4) is 0 Å². The molecule has 2 atom stereocenters. The maximum atomic E-state index is 13.9. The highest BCUT2D eigenvalue weighted by Gasteiger charge is 2.42. The van der Waals surface area contributed by atoms with Crippen molar-refractivity contribution in [3.05, 3.63) is 78.4 Å². The molecule has 3 amide bonds. The molecule has 12 heteroatoms. The number of carbonyl (C=O) groups excluding carboxylic acids is 4. The molecule has 50 heavy (non-hydrogen) atoms. The summed E-state index contributed by atoms with van der Waals surface area (Å²) in [7, 11) is 0. The third-order valence-corrected chi connectivity index (χ3v) is 9.33. The minimum atomic E-state index is -1.04. The summed E-state index contributed by atoms with van der Waals surface area (Å²) < 4.78 is 11.3. The summed E-state index contributed by atoms with van der Waals surface area (Å²) in [4.78, 5) is 63.1. The number of esters is 1. The molecule has 0 spiro atoms. The monoisotopic (exact) mass is 705 g/mol. The molecule has 5 rings (SSSR count).